The normalized spacial score (nSPS) is 15.1. The summed E-state index contributed by atoms with van der Waals surface area (Å²) in [7, 11) is 0. The number of fused-ring (bicyclic) bond motifs is 1. The lowest BCUT2D eigenvalue weighted by molar-refractivity contribution is 0.0948. The number of hydrogen-bond donors (Lipinski definition) is 1. The van der Waals surface area contributed by atoms with Crippen molar-refractivity contribution in [2.24, 2.45) is 5.92 Å². The van der Waals surface area contributed by atoms with Crippen LogP contribution in [0.4, 0.5) is 5.13 Å². The first-order valence-corrected chi connectivity index (χ1v) is 10.4. The average molecular weight is 418 g/mol. The van der Waals surface area contributed by atoms with Crippen LogP contribution in [0.3, 0.4) is 0 Å². The molecule has 3 heterocycles. The van der Waals surface area contributed by atoms with E-state index in [1.807, 2.05) is 18.2 Å². The second-order valence-corrected chi connectivity index (χ2v) is 8.34. The summed E-state index contributed by atoms with van der Waals surface area (Å²) in [4.78, 5) is 32.2. The molecule has 146 valence electrons. The summed E-state index contributed by atoms with van der Waals surface area (Å²) in [5, 5.41) is 8.48. The molecule has 2 aromatic heterocycles. The molecule has 4 rings (SSSR count). The first-order chi connectivity index (χ1) is 13.5. The molecular formula is C19H20ClN5O2S. The lowest BCUT2D eigenvalue weighted by Gasteiger charge is -2.29. The summed E-state index contributed by atoms with van der Waals surface area (Å²) in [5.41, 5.74) is 0.283. The highest BCUT2D eigenvalue weighted by molar-refractivity contribution is 7.20. The maximum atomic E-state index is 12.8. The second-order valence-electron chi connectivity index (χ2n) is 7.00. The monoisotopic (exact) mass is 417 g/mol. The topological polar surface area (TPSA) is 79.6 Å². The van der Waals surface area contributed by atoms with Gasteiger partial charge in [-0.3, -0.25) is 9.59 Å². The molecule has 0 unspecified atom stereocenters. The van der Waals surface area contributed by atoms with Crippen LogP contribution in [0.1, 0.15) is 35.7 Å². The van der Waals surface area contributed by atoms with E-state index in [2.05, 4.69) is 27.2 Å². The Morgan fingerprint density at radius 1 is 1.32 bits per heavy atom. The molecule has 9 heteroatoms. The number of hydrogen-bond acceptors (Lipinski definition) is 6. The highest BCUT2D eigenvalue weighted by Gasteiger charge is 2.21. The molecule has 7 nitrogen and oxygen atoms in total. The van der Waals surface area contributed by atoms with Gasteiger partial charge in [-0.1, -0.05) is 48.1 Å². The van der Waals surface area contributed by atoms with E-state index in [4.69, 9.17) is 11.6 Å². The van der Waals surface area contributed by atoms with Crippen molar-refractivity contribution < 1.29 is 4.79 Å². The van der Waals surface area contributed by atoms with E-state index in [0.29, 0.717) is 15.9 Å². The van der Waals surface area contributed by atoms with Crippen LogP contribution < -0.4 is 15.8 Å². The smallest absolute Gasteiger partial charge is 0.288 e. The summed E-state index contributed by atoms with van der Waals surface area (Å²) in [6, 6.07) is 7.24. The van der Waals surface area contributed by atoms with Gasteiger partial charge in [0.05, 0.1) is 0 Å². The summed E-state index contributed by atoms with van der Waals surface area (Å²) in [6.45, 7) is 4.31. The number of nitrogens with one attached hydrogen (secondary N) is 1. The molecule has 3 aromatic rings. The van der Waals surface area contributed by atoms with Gasteiger partial charge in [-0.05, 0) is 30.4 Å². The summed E-state index contributed by atoms with van der Waals surface area (Å²) < 4.78 is 1.22. The van der Waals surface area contributed by atoms with Crippen molar-refractivity contribution in [2.45, 2.75) is 26.3 Å². The van der Waals surface area contributed by atoms with E-state index in [0.717, 1.165) is 36.6 Å². The first-order valence-electron chi connectivity index (χ1n) is 9.18. The van der Waals surface area contributed by atoms with Gasteiger partial charge in [-0.2, -0.15) is 4.52 Å². The number of carbonyl (C=O) groups excluding carboxylic acids is 1. The maximum Gasteiger partial charge on any atom is 0.288 e. The van der Waals surface area contributed by atoms with Crippen LogP contribution >= 0.6 is 22.9 Å². The van der Waals surface area contributed by atoms with Crippen molar-refractivity contribution in [1.29, 1.82) is 0 Å². The van der Waals surface area contributed by atoms with E-state index in [1.54, 1.807) is 6.07 Å². The molecule has 1 amide bonds. The molecule has 0 bridgehead atoms. The van der Waals surface area contributed by atoms with Gasteiger partial charge < -0.3 is 10.2 Å². The molecule has 1 aliphatic rings. The average Bonchev–Trinajstić information content (AvgIpc) is 3.13. The van der Waals surface area contributed by atoms with Crippen LogP contribution in [0.2, 0.25) is 5.02 Å². The largest absolute Gasteiger partial charge is 0.348 e. The van der Waals surface area contributed by atoms with Crippen LogP contribution in [0.5, 0.6) is 0 Å². The van der Waals surface area contributed by atoms with E-state index in [-0.39, 0.29) is 12.1 Å². The molecule has 0 atom stereocenters. The Bertz CT molecular complexity index is 1070. The van der Waals surface area contributed by atoms with Crippen LogP contribution in [-0.2, 0) is 6.54 Å². The van der Waals surface area contributed by atoms with E-state index >= 15 is 0 Å². The van der Waals surface area contributed by atoms with Gasteiger partial charge in [0.25, 0.3) is 11.5 Å². The SMILES string of the molecule is CC1CCN(c2nn3c(=O)c(C(=O)NCc4ccccc4Cl)cnc3s2)CC1. The summed E-state index contributed by atoms with van der Waals surface area (Å²) in [5.74, 6) is 0.216. The third-order valence-corrected chi connectivity index (χ3v) is 6.32. The number of benzene rings is 1. The third-order valence-electron chi connectivity index (χ3n) is 4.97. The molecule has 1 N–H and O–H groups in total. The standard InChI is InChI=1S/C19H20ClN5O2S/c1-12-6-8-24(9-7-12)19-23-25-17(27)14(11-22-18(25)28-19)16(26)21-10-13-4-2-3-5-15(13)20/h2-5,11-12H,6-10H2,1H3,(H,21,26). The molecular weight excluding hydrogens is 398 g/mol. The van der Waals surface area contributed by atoms with Crippen molar-refractivity contribution in [1.82, 2.24) is 19.9 Å². The molecule has 28 heavy (non-hydrogen) atoms. The highest BCUT2D eigenvalue weighted by Crippen LogP contribution is 2.26. The predicted molar refractivity (Wildman–Crippen MR) is 110 cm³/mol. The van der Waals surface area contributed by atoms with E-state index < -0.39 is 11.5 Å². The number of amides is 1. The van der Waals surface area contributed by atoms with Crippen LogP contribution in [0.15, 0.2) is 35.3 Å². The van der Waals surface area contributed by atoms with E-state index in [1.165, 1.54) is 22.0 Å². The number of carbonyl (C=O) groups is 1. The molecule has 1 aliphatic heterocycles. The number of rotatable bonds is 4. The maximum absolute atomic E-state index is 12.8. The summed E-state index contributed by atoms with van der Waals surface area (Å²) in [6.07, 6.45) is 3.53. The van der Waals surface area contributed by atoms with Gasteiger partial charge in [-0.15, -0.1) is 5.10 Å². The number of halogens is 1. The number of aromatic nitrogens is 3. The van der Waals surface area contributed by atoms with Gasteiger partial charge in [0.2, 0.25) is 10.1 Å². The molecule has 1 fully saturated rings. The van der Waals surface area contributed by atoms with Crippen molar-refractivity contribution in [3.05, 3.63) is 57.0 Å². The Kier molecular flexibility index (Phi) is 5.32. The fourth-order valence-corrected chi connectivity index (χ4v) is 4.29. The zero-order valence-corrected chi connectivity index (χ0v) is 17.0. The molecule has 0 aliphatic carbocycles. The van der Waals surface area contributed by atoms with Gasteiger partial charge >= 0.3 is 0 Å². The Balaban J connectivity index is 1.55. The van der Waals surface area contributed by atoms with Crippen molar-refractivity contribution in [3.63, 3.8) is 0 Å². The van der Waals surface area contributed by atoms with Crippen molar-refractivity contribution in [2.75, 3.05) is 18.0 Å². The minimum atomic E-state index is -0.492. The first kappa shape index (κ1) is 18.9. The quantitative estimate of drug-likeness (QED) is 0.705. The van der Waals surface area contributed by atoms with E-state index in [9.17, 15) is 9.59 Å². The molecule has 0 saturated carbocycles. The Hall–Kier alpha value is -2.45. The third kappa shape index (κ3) is 3.74. The molecule has 1 saturated heterocycles. The molecule has 0 radical (unpaired) electrons. The Morgan fingerprint density at radius 2 is 2.07 bits per heavy atom. The summed E-state index contributed by atoms with van der Waals surface area (Å²) >= 11 is 7.48. The van der Waals surface area contributed by atoms with Gasteiger partial charge in [0.15, 0.2) is 0 Å². The molecule has 1 aromatic carbocycles. The second kappa shape index (κ2) is 7.89. The Morgan fingerprint density at radius 3 is 2.82 bits per heavy atom. The van der Waals surface area contributed by atoms with Gasteiger partial charge in [0.1, 0.15) is 5.56 Å². The fraction of sp³-hybridized carbons (Fsp3) is 0.368. The highest BCUT2D eigenvalue weighted by atomic mass is 35.5. The minimum absolute atomic E-state index is 0.0336. The fourth-order valence-electron chi connectivity index (χ4n) is 3.17. The van der Waals surface area contributed by atoms with Crippen molar-refractivity contribution >= 4 is 38.9 Å². The lowest BCUT2D eigenvalue weighted by Crippen LogP contribution is -2.33. The molecule has 0 spiro atoms. The van der Waals surface area contributed by atoms with Crippen LogP contribution in [-0.4, -0.2) is 33.6 Å². The zero-order valence-electron chi connectivity index (χ0n) is 15.4. The number of piperidine rings is 1. The van der Waals surface area contributed by atoms with Crippen molar-refractivity contribution in [3.8, 4) is 0 Å². The zero-order chi connectivity index (χ0) is 19.7. The van der Waals surface area contributed by atoms with Crippen LogP contribution in [0.25, 0.3) is 4.96 Å². The van der Waals surface area contributed by atoms with Gasteiger partial charge in [-0.25, -0.2) is 4.98 Å². The number of nitrogens with zero attached hydrogens (tertiary/aromatic N) is 4. The van der Waals surface area contributed by atoms with Crippen LogP contribution in [0, 0.1) is 5.92 Å². The Labute approximate surface area is 171 Å². The minimum Gasteiger partial charge on any atom is -0.348 e. The predicted octanol–water partition coefficient (Wildman–Crippen LogP) is 2.97. The van der Waals surface area contributed by atoms with Gasteiger partial charge in [0, 0.05) is 30.9 Å². The number of anilines is 1. The lowest BCUT2D eigenvalue weighted by atomic mass is 10.00.